The van der Waals surface area contributed by atoms with Gasteiger partial charge in [-0.25, -0.2) is 4.68 Å². The van der Waals surface area contributed by atoms with Gasteiger partial charge < -0.3 is 9.84 Å². The predicted octanol–water partition coefficient (Wildman–Crippen LogP) is 2.51. The highest BCUT2D eigenvalue weighted by Gasteiger charge is 2.09. The number of ketones is 1. The molecule has 1 aromatic heterocycles. The van der Waals surface area contributed by atoms with E-state index < -0.39 is 0 Å². The fraction of sp³-hybridized carbons (Fsp3) is 0.167. The molecule has 0 radical (unpaired) electrons. The van der Waals surface area contributed by atoms with Crippen molar-refractivity contribution >= 4 is 22.9 Å². The zero-order chi connectivity index (χ0) is 17.1. The fourth-order valence-electron chi connectivity index (χ4n) is 2.50. The van der Waals surface area contributed by atoms with Gasteiger partial charge in [-0.3, -0.25) is 4.79 Å². The first-order chi connectivity index (χ1) is 11.6. The number of ether oxygens (including phenoxy) is 1. The maximum Gasteiger partial charge on any atom is 0.160 e. The van der Waals surface area contributed by atoms with Crippen LogP contribution in [0.4, 0.5) is 0 Å². The van der Waals surface area contributed by atoms with Crippen molar-refractivity contribution in [3.05, 3.63) is 53.6 Å². The van der Waals surface area contributed by atoms with Gasteiger partial charge in [0.2, 0.25) is 0 Å². The van der Waals surface area contributed by atoms with Crippen LogP contribution in [0.5, 0.6) is 11.5 Å². The van der Waals surface area contributed by atoms with E-state index in [-0.39, 0.29) is 18.0 Å². The van der Waals surface area contributed by atoms with Crippen molar-refractivity contribution in [3.63, 3.8) is 0 Å². The second-order valence-corrected chi connectivity index (χ2v) is 5.41. The molecule has 24 heavy (non-hydrogen) atoms. The number of methoxy groups -OCH3 is 1. The van der Waals surface area contributed by atoms with Crippen molar-refractivity contribution < 1.29 is 14.6 Å². The van der Waals surface area contributed by atoms with Crippen LogP contribution in [0, 0.1) is 0 Å². The Kier molecular flexibility index (Phi) is 4.29. The highest BCUT2D eigenvalue weighted by molar-refractivity contribution is 5.97. The summed E-state index contributed by atoms with van der Waals surface area (Å²) in [7, 11) is 3.30. The molecular weight excluding hydrogens is 306 g/mol. The molecule has 0 bridgehead atoms. The number of aromatic nitrogens is 3. The van der Waals surface area contributed by atoms with E-state index in [9.17, 15) is 9.90 Å². The number of hydrogen-bond donors (Lipinski definition) is 1. The minimum atomic E-state index is -0.0524. The minimum absolute atomic E-state index is 0.0384. The van der Waals surface area contributed by atoms with E-state index in [1.165, 1.54) is 13.2 Å². The quantitative estimate of drug-likeness (QED) is 0.730. The molecular formula is C18H17N3O3. The van der Waals surface area contributed by atoms with Crippen molar-refractivity contribution in [2.75, 3.05) is 7.11 Å². The number of carbonyl (C=O) groups excluding carboxylic acids is 1. The molecule has 0 aliphatic carbocycles. The molecule has 1 heterocycles. The second-order valence-electron chi connectivity index (χ2n) is 5.41. The van der Waals surface area contributed by atoms with E-state index in [1.807, 2.05) is 25.2 Å². The molecule has 6 heteroatoms. The summed E-state index contributed by atoms with van der Waals surface area (Å²) in [6, 6.07) is 10.7. The van der Waals surface area contributed by atoms with Crippen LogP contribution in [0.15, 0.2) is 42.5 Å². The topological polar surface area (TPSA) is 77.2 Å². The summed E-state index contributed by atoms with van der Waals surface area (Å²) in [5.74, 6) is 0.382. The maximum atomic E-state index is 12.2. The van der Waals surface area contributed by atoms with Crippen molar-refractivity contribution in [2.45, 2.75) is 6.42 Å². The molecule has 1 N–H and O–H groups in total. The number of allylic oxidation sites excluding steroid dienone is 1. The Morgan fingerprint density at radius 1 is 1.33 bits per heavy atom. The lowest BCUT2D eigenvalue weighted by molar-refractivity contribution is -0.113. The lowest BCUT2D eigenvalue weighted by Crippen LogP contribution is -1.99. The smallest absolute Gasteiger partial charge is 0.160 e. The molecule has 0 aliphatic heterocycles. The first-order valence-electron chi connectivity index (χ1n) is 7.43. The molecule has 3 rings (SSSR count). The summed E-state index contributed by atoms with van der Waals surface area (Å²) in [6.45, 7) is 0. The summed E-state index contributed by atoms with van der Waals surface area (Å²) in [5, 5.41) is 17.8. The molecule has 122 valence electrons. The van der Waals surface area contributed by atoms with Crippen molar-refractivity contribution in [1.82, 2.24) is 15.0 Å². The highest BCUT2D eigenvalue weighted by Crippen LogP contribution is 2.26. The Bertz CT molecular complexity index is 928. The van der Waals surface area contributed by atoms with Crippen LogP contribution in [0.1, 0.15) is 11.1 Å². The Morgan fingerprint density at radius 3 is 2.92 bits per heavy atom. The van der Waals surface area contributed by atoms with Crippen LogP contribution < -0.4 is 4.74 Å². The van der Waals surface area contributed by atoms with E-state index in [4.69, 9.17) is 4.74 Å². The van der Waals surface area contributed by atoms with Gasteiger partial charge in [0, 0.05) is 13.5 Å². The molecule has 2 aromatic carbocycles. The second kappa shape index (κ2) is 6.54. The van der Waals surface area contributed by atoms with Crippen molar-refractivity contribution in [1.29, 1.82) is 0 Å². The number of phenols is 1. The normalized spacial score (nSPS) is 11.2. The minimum Gasteiger partial charge on any atom is -0.504 e. The molecule has 0 aliphatic rings. The third kappa shape index (κ3) is 3.12. The zero-order valence-corrected chi connectivity index (χ0v) is 13.4. The predicted molar refractivity (Wildman–Crippen MR) is 90.9 cm³/mol. The molecule has 0 saturated heterocycles. The van der Waals surface area contributed by atoms with Crippen LogP contribution in [-0.2, 0) is 18.3 Å². The number of fused-ring (bicyclic) bond motifs is 1. The SMILES string of the molecule is COc1ccc(/C=C/C(=O)Cc2cccc3c2nnn3C)cc1O. The average Bonchev–Trinajstić information content (AvgIpc) is 2.96. The van der Waals surface area contributed by atoms with Crippen LogP contribution in [0.25, 0.3) is 17.1 Å². The fourth-order valence-corrected chi connectivity index (χ4v) is 2.50. The summed E-state index contributed by atoms with van der Waals surface area (Å²) >= 11 is 0. The number of aryl methyl sites for hydroxylation is 1. The molecule has 0 saturated carbocycles. The molecule has 3 aromatic rings. The van der Waals surface area contributed by atoms with Crippen LogP contribution in [-0.4, -0.2) is 33.0 Å². The molecule has 0 unspecified atom stereocenters. The summed E-state index contributed by atoms with van der Waals surface area (Å²) in [5.41, 5.74) is 3.19. The molecule has 6 nitrogen and oxygen atoms in total. The van der Waals surface area contributed by atoms with Gasteiger partial charge in [-0.2, -0.15) is 0 Å². The third-order valence-corrected chi connectivity index (χ3v) is 3.76. The van der Waals surface area contributed by atoms with Crippen LogP contribution in [0.2, 0.25) is 0 Å². The largest absolute Gasteiger partial charge is 0.504 e. The Labute approximate surface area is 139 Å². The highest BCUT2D eigenvalue weighted by atomic mass is 16.5. The number of nitrogens with zero attached hydrogens (tertiary/aromatic N) is 3. The summed E-state index contributed by atoms with van der Waals surface area (Å²) in [4.78, 5) is 12.2. The molecule has 0 fully saturated rings. The summed E-state index contributed by atoms with van der Waals surface area (Å²) in [6.07, 6.45) is 3.41. The van der Waals surface area contributed by atoms with E-state index in [0.29, 0.717) is 5.75 Å². The van der Waals surface area contributed by atoms with Crippen LogP contribution in [0.3, 0.4) is 0 Å². The first kappa shape index (κ1) is 15.7. The lowest BCUT2D eigenvalue weighted by Gasteiger charge is -2.03. The number of hydrogen-bond acceptors (Lipinski definition) is 5. The number of benzene rings is 2. The molecule has 0 amide bonds. The van der Waals surface area contributed by atoms with E-state index in [1.54, 1.807) is 29.0 Å². The van der Waals surface area contributed by atoms with Gasteiger partial charge in [-0.1, -0.05) is 29.5 Å². The lowest BCUT2D eigenvalue weighted by atomic mass is 10.1. The number of phenolic OH excluding ortho intramolecular Hbond substituents is 1. The van der Waals surface area contributed by atoms with Gasteiger partial charge in [0.1, 0.15) is 5.52 Å². The monoisotopic (exact) mass is 323 g/mol. The van der Waals surface area contributed by atoms with Crippen LogP contribution >= 0.6 is 0 Å². The number of aromatic hydroxyl groups is 1. The Hall–Kier alpha value is -3.15. The standard InChI is InChI=1S/C18H17N3O3/c1-21-15-5-3-4-13(18(15)19-20-21)11-14(22)8-6-12-7-9-17(24-2)16(23)10-12/h3-10,23H,11H2,1-2H3/b8-6+. The number of rotatable bonds is 5. The zero-order valence-electron chi connectivity index (χ0n) is 13.4. The average molecular weight is 323 g/mol. The first-order valence-corrected chi connectivity index (χ1v) is 7.43. The maximum absolute atomic E-state index is 12.2. The van der Waals surface area contributed by atoms with E-state index in [2.05, 4.69) is 10.3 Å². The third-order valence-electron chi connectivity index (χ3n) is 3.76. The number of carbonyl (C=O) groups is 1. The summed E-state index contributed by atoms with van der Waals surface area (Å²) < 4.78 is 6.67. The van der Waals surface area contributed by atoms with Gasteiger partial charge in [0.15, 0.2) is 17.3 Å². The van der Waals surface area contributed by atoms with Gasteiger partial charge >= 0.3 is 0 Å². The Morgan fingerprint density at radius 2 is 2.17 bits per heavy atom. The van der Waals surface area contributed by atoms with Gasteiger partial charge in [0.25, 0.3) is 0 Å². The molecule has 0 spiro atoms. The molecule has 0 atom stereocenters. The van der Waals surface area contributed by atoms with Crippen molar-refractivity contribution in [3.8, 4) is 11.5 Å². The van der Waals surface area contributed by atoms with Gasteiger partial charge in [-0.05, 0) is 35.4 Å². The van der Waals surface area contributed by atoms with Crippen molar-refractivity contribution in [2.24, 2.45) is 7.05 Å². The van der Waals surface area contributed by atoms with Gasteiger partial charge in [0.05, 0.1) is 12.6 Å². The van der Waals surface area contributed by atoms with E-state index in [0.717, 1.165) is 22.2 Å². The Balaban J connectivity index is 1.76. The van der Waals surface area contributed by atoms with E-state index >= 15 is 0 Å². The van der Waals surface area contributed by atoms with Gasteiger partial charge in [-0.15, -0.1) is 5.10 Å².